The van der Waals surface area contributed by atoms with Gasteiger partial charge in [0.15, 0.2) is 0 Å². The third-order valence-electron chi connectivity index (χ3n) is 5.93. The Kier molecular flexibility index (Phi) is 5.26. The fourth-order valence-electron chi connectivity index (χ4n) is 3.98. The van der Waals surface area contributed by atoms with Gasteiger partial charge in [0.2, 0.25) is 11.8 Å². The second kappa shape index (κ2) is 7.65. The number of rotatable bonds is 6. The standard InChI is InChI=1S/C21H20F5N3O2/c22-12-3-1-11(2-4-12)17-13(5-6-15(30)28-14-7-10-27-19(14)31)16(23)18(29-17)20(8-9-20)21(24,25)26/h1-4,14,29H,5-10H2,(H,27,31)(H,28,30). The van der Waals surface area contributed by atoms with Crippen molar-refractivity contribution in [3.63, 3.8) is 0 Å². The number of alkyl halides is 3. The van der Waals surface area contributed by atoms with E-state index in [4.69, 9.17) is 0 Å². The highest BCUT2D eigenvalue weighted by molar-refractivity contribution is 5.89. The molecule has 0 spiro atoms. The maximum atomic E-state index is 15.2. The lowest BCUT2D eigenvalue weighted by atomic mass is 9.99. The van der Waals surface area contributed by atoms with Gasteiger partial charge in [0.1, 0.15) is 23.1 Å². The number of H-pyrrole nitrogens is 1. The molecule has 1 aliphatic carbocycles. The number of benzene rings is 1. The number of halogens is 5. The summed E-state index contributed by atoms with van der Waals surface area (Å²) in [6, 6.07) is 4.25. The summed E-state index contributed by atoms with van der Waals surface area (Å²) in [5, 5.41) is 5.12. The normalized spacial score (nSPS) is 19.9. The van der Waals surface area contributed by atoms with Gasteiger partial charge in [-0.15, -0.1) is 0 Å². The number of aromatic nitrogens is 1. The van der Waals surface area contributed by atoms with Crippen molar-refractivity contribution in [2.45, 2.75) is 49.7 Å². The Morgan fingerprint density at radius 1 is 1.16 bits per heavy atom. The van der Waals surface area contributed by atoms with Crippen LogP contribution in [0.3, 0.4) is 0 Å². The number of aromatic amines is 1. The molecule has 166 valence electrons. The lowest BCUT2D eigenvalue weighted by Crippen LogP contribution is -2.40. The highest BCUT2D eigenvalue weighted by atomic mass is 19.4. The van der Waals surface area contributed by atoms with Gasteiger partial charge in [-0.25, -0.2) is 8.78 Å². The van der Waals surface area contributed by atoms with E-state index in [0.29, 0.717) is 18.5 Å². The average molecular weight is 441 g/mol. The zero-order chi connectivity index (χ0) is 22.4. The highest BCUT2D eigenvalue weighted by Gasteiger charge is 2.66. The van der Waals surface area contributed by atoms with Crippen LogP contribution in [0.4, 0.5) is 22.0 Å². The van der Waals surface area contributed by atoms with Crippen molar-refractivity contribution in [2.24, 2.45) is 0 Å². The molecular formula is C21H20F5N3O2. The Morgan fingerprint density at radius 2 is 1.84 bits per heavy atom. The quantitative estimate of drug-likeness (QED) is 0.601. The summed E-state index contributed by atoms with van der Waals surface area (Å²) in [6.07, 6.45) is -5.04. The molecule has 1 aromatic heterocycles. The zero-order valence-corrected chi connectivity index (χ0v) is 16.3. The molecule has 5 nitrogen and oxygen atoms in total. The monoisotopic (exact) mass is 441 g/mol. The van der Waals surface area contributed by atoms with Gasteiger partial charge in [0.25, 0.3) is 0 Å². The summed E-state index contributed by atoms with van der Waals surface area (Å²) in [4.78, 5) is 26.4. The minimum Gasteiger partial charge on any atom is -0.355 e. The van der Waals surface area contributed by atoms with Crippen LogP contribution in [-0.4, -0.2) is 35.6 Å². The second-order valence-corrected chi connectivity index (χ2v) is 7.95. The van der Waals surface area contributed by atoms with Crippen molar-refractivity contribution in [1.82, 2.24) is 15.6 Å². The molecule has 3 N–H and O–H groups in total. The van der Waals surface area contributed by atoms with Gasteiger partial charge >= 0.3 is 6.18 Å². The van der Waals surface area contributed by atoms with E-state index in [1.807, 2.05) is 0 Å². The van der Waals surface area contributed by atoms with Gasteiger partial charge in [-0.2, -0.15) is 13.2 Å². The van der Waals surface area contributed by atoms with Crippen molar-refractivity contribution >= 4 is 11.8 Å². The molecule has 0 radical (unpaired) electrons. The first-order valence-corrected chi connectivity index (χ1v) is 9.93. The molecule has 2 aliphatic rings. The van der Waals surface area contributed by atoms with Gasteiger partial charge in [-0.05, 0) is 55.5 Å². The summed E-state index contributed by atoms with van der Waals surface area (Å²) >= 11 is 0. The van der Waals surface area contributed by atoms with E-state index < -0.39 is 40.9 Å². The van der Waals surface area contributed by atoms with Crippen molar-refractivity contribution in [2.75, 3.05) is 6.54 Å². The largest absolute Gasteiger partial charge is 0.399 e. The predicted octanol–water partition coefficient (Wildman–Crippen LogP) is 3.49. The lowest BCUT2D eigenvalue weighted by molar-refractivity contribution is -0.162. The molecule has 4 rings (SSSR count). The van der Waals surface area contributed by atoms with Crippen LogP contribution in [0.25, 0.3) is 11.3 Å². The van der Waals surface area contributed by atoms with Gasteiger partial charge in [0, 0.05) is 18.5 Å². The van der Waals surface area contributed by atoms with Crippen LogP contribution in [0.1, 0.15) is 36.9 Å². The van der Waals surface area contributed by atoms with Crippen LogP contribution in [-0.2, 0) is 21.4 Å². The molecule has 31 heavy (non-hydrogen) atoms. The van der Waals surface area contributed by atoms with Crippen molar-refractivity contribution in [3.05, 3.63) is 47.2 Å². The first-order valence-electron chi connectivity index (χ1n) is 9.93. The van der Waals surface area contributed by atoms with Crippen molar-refractivity contribution < 1.29 is 31.5 Å². The molecule has 1 unspecified atom stereocenters. The summed E-state index contributed by atoms with van der Waals surface area (Å²) in [5.41, 5.74) is -2.48. The topological polar surface area (TPSA) is 74.0 Å². The molecule has 1 aliphatic heterocycles. The van der Waals surface area contributed by atoms with Gasteiger partial charge in [-0.1, -0.05) is 0 Å². The minimum absolute atomic E-state index is 0.0665. The molecule has 0 bridgehead atoms. The molecule has 10 heteroatoms. The number of hydrogen-bond donors (Lipinski definition) is 3. The van der Waals surface area contributed by atoms with E-state index in [0.717, 1.165) is 12.1 Å². The Bertz CT molecular complexity index is 1010. The molecule has 1 saturated heterocycles. The fourth-order valence-corrected chi connectivity index (χ4v) is 3.98. The minimum atomic E-state index is -4.62. The van der Waals surface area contributed by atoms with E-state index in [1.165, 1.54) is 12.1 Å². The SMILES string of the molecule is O=C(CCc1c(-c2ccc(F)cc2)[nH]c(C2(C(F)(F)F)CC2)c1F)NC1CCNC1=O. The van der Waals surface area contributed by atoms with Crippen LogP contribution in [0, 0.1) is 11.6 Å². The van der Waals surface area contributed by atoms with E-state index in [1.54, 1.807) is 0 Å². The molecule has 2 amide bonds. The van der Waals surface area contributed by atoms with E-state index in [9.17, 15) is 27.2 Å². The van der Waals surface area contributed by atoms with E-state index in [2.05, 4.69) is 15.6 Å². The summed E-state index contributed by atoms with van der Waals surface area (Å²) in [5.74, 6) is -2.39. The van der Waals surface area contributed by atoms with Gasteiger partial charge < -0.3 is 15.6 Å². The van der Waals surface area contributed by atoms with Gasteiger partial charge in [-0.3, -0.25) is 9.59 Å². The van der Waals surface area contributed by atoms with Gasteiger partial charge in [0.05, 0.1) is 11.4 Å². The third kappa shape index (κ3) is 3.90. The van der Waals surface area contributed by atoms with E-state index >= 15 is 4.39 Å². The van der Waals surface area contributed by atoms with Crippen LogP contribution in [0.5, 0.6) is 0 Å². The zero-order valence-electron chi connectivity index (χ0n) is 16.3. The van der Waals surface area contributed by atoms with Crippen LogP contribution >= 0.6 is 0 Å². The number of nitrogens with one attached hydrogen (secondary N) is 3. The summed E-state index contributed by atoms with van der Waals surface area (Å²) in [6.45, 7) is 0.438. The van der Waals surface area contributed by atoms with Crippen LogP contribution < -0.4 is 10.6 Å². The maximum Gasteiger partial charge on any atom is 0.399 e. The average Bonchev–Trinajstić information content (AvgIpc) is 3.34. The summed E-state index contributed by atoms with van der Waals surface area (Å²) in [7, 11) is 0. The van der Waals surface area contributed by atoms with Crippen LogP contribution in [0.15, 0.2) is 24.3 Å². The number of carbonyl (C=O) groups excluding carboxylic acids is 2. The Labute approximate surface area is 174 Å². The Balaban J connectivity index is 1.63. The van der Waals surface area contributed by atoms with Crippen molar-refractivity contribution in [1.29, 1.82) is 0 Å². The molecule has 2 fully saturated rings. The Hall–Kier alpha value is -2.91. The molecule has 2 heterocycles. The molecule has 1 aromatic carbocycles. The molecule has 1 saturated carbocycles. The maximum absolute atomic E-state index is 15.2. The highest BCUT2D eigenvalue weighted by Crippen LogP contribution is 2.59. The number of carbonyl (C=O) groups is 2. The van der Waals surface area contributed by atoms with Crippen molar-refractivity contribution in [3.8, 4) is 11.3 Å². The smallest absolute Gasteiger partial charge is 0.355 e. The first kappa shape index (κ1) is 21.3. The Morgan fingerprint density at radius 3 is 2.39 bits per heavy atom. The van der Waals surface area contributed by atoms with Crippen LogP contribution in [0.2, 0.25) is 0 Å². The first-order chi connectivity index (χ1) is 14.6. The predicted molar refractivity (Wildman–Crippen MR) is 101 cm³/mol. The molecule has 1 atom stereocenters. The summed E-state index contributed by atoms with van der Waals surface area (Å²) < 4.78 is 69.3. The van der Waals surface area contributed by atoms with E-state index in [-0.39, 0.29) is 42.8 Å². The number of amides is 2. The third-order valence-corrected chi connectivity index (χ3v) is 5.93. The number of hydrogen-bond acceptors (Lipinski definition) is 2. The fraction of sp³-hybridized carbons (Fsp3) is 0.429. The lowest BCUT2D eigenvalue weighted by Gasteiger charge is -2.18. The molecular weight excluding hydrogens is 421 g/mol. The second-order valence-electron chi connectivity index (χ2n) is 7.95. The molecule has 2 aromatic rings.